The zero-order chi connectivity index (χ0) is 26.3. The first kappa shape index (κ1) is 27.6. The number of nitrogens with zero attached hydrogens (tertiary/aromatic N) is 2. The van der Waals surface area contributed by atoms with E-state index in [1.165, 1.54) is 11.0 Å². The highest BCUT2D eigenvalue weighted by atomic mass is 35.5. The van der Waals surface area contributed by atoms with Crippen molar-refractivity contribution in [2.45, 2.75) is 39.3 Å². The molecule has 1 aliphatic rings. The van der Waals surface area contributed by atoms with Crippen LogP contribution >= 0.6 is 11.6 Å². The van der Waals surface area contributed by atoms with Gasteiger partial charge in [0.1, 0.15) is 25.8 Å². The van der Waals surface area contributed by atoms with Crippen LogP contribution in [0.2, 0.25) is 5.02 Å². The molecule has 2 aromatic rings. The van der Waals surface area contributed by atoms with E-state index >= 15 is 0 Å². The highest BCUT2D eigenvalue weighted by Gasteiger charge is 2.32. The topological polar surface area (TPSA) is 105 Å². The Morgan fingerprint density at radius 3 is 2.42 bits per heavy atom. The highest BCUT2D eigenvalue weighted by molar-refractivity contribution is 7.92. The molecule has 0 fully saturated rings. The Hall–Kier alpha value is -2.98. The minimum absolute atomic E-state index is 0.0509. The van der Waals surface area contributed by atoms with Crippen LogP contribution in [0.5, 0.6) is 11.5 Å². The van der Waals surface area contributed by atoms with E-state index in [0.29, 0.717) is 48.3 Å². The molecule has 3 rings (SSSR count). The predicted molar refractivity (Wildman–Crippen MR) is 139 cm³/mol. The Labute approximate surface area is 217 Å². The molecule has 0 unspecified atom stereocenters. The largest absolute Gasteiger partial charge is 0.486 e. The lowest BCUT2D eigenvalue weighted by atomic mass is 10.1. The molecule has 0 radical (unpaired) electrons. The Morgan fingerprint density at radius 2 is 1.78 bits per heavy atom. The fourth-order valence-corrected chi connectivity index (χ4v) is 4.93. The monoisotopic (exact) mass is 537 g/mol. The number of carbonyl (C=O) groups is 2. The second kappa shape index (κ2) is 12.3. The summed E-state index contributed by atoms with van der Waals surface area (Å²) in [6.45, 7) is 4.50. The van der Waals surface area contributed by atoms with Crippen LogP contribution in [0.15, 0.2) is 42.5 Å². The van der Waals surface area contributed by atoms with Gasteiger partial charge in [-0.3, -0.25) is 13.9 Å². The molecule has 1 N–H and O–H groups in total. The maximum atomic E-state index is 13.7. The molecule has 0 aliphatic carbocycles. The fourth-order valence-electron chi connectivity index (χ4n) is 3.90. The maximum absolute atomic E-state index is 13.7. The SMILES string of the molecule is CCCNC(=O)[C@H](CC)N(Cc1ccccc1Cl)C(=O)CN(c1ccc2c(c1)OCCO2)S(C)(=O)=O. The van der Waals surface area contributed by atoms with Gasteiger partial charge in [0.05, 0.1) is 11.9 Å². The number of amides is 2. The average Bonchev–Trinajstić information content (AvgIpc) is 2.85. The molecule has 9 nitrogen and oxygen atoms in total. The van der Waals surface area contributed by atoms with Crippen molar-refractivity contribution in [3.63, 3.8) is 0 Å². The van der Waals surface area contributed by atoms with E-state index in [2.05, 4.69) is 5.32 Å². The first-order valence-corrected chi connectivity index (χ1v) is 14.1. The summed E-state index contributed by atoms with van der Waals surface area (Å²) < 4.78 is 37.6. The molecule has 0 spiro atoms. The van der Waals surface area contributed by atoms with Crippen molar-refractivity contribution in [2.75, 3.05) is 36.9 Å². The molecule has 0 aromatic heterocycles. The number of anilines is 1. The molecular formula is C25H32ClN3O6S. The third-order valence-corrected chi connectivity index (χ3v) is 7.24. The first-order valence-electron chi connectivity index (χ1n) is 11.8. The van der Waals surface area contributed by atoms with Crippen molar-refractivity contribution < 1.29 is 27.5 Å². The lowest BCUT2D eigenvalue weighted by Crippen LogP contribution is -2.52. The van der Waals surface area contributed by atoms with Gasteiger partial charge in [-0.15, -0.1) is 0 Å². The summed E-state index contributed by atoms with van der Waals surface area (Å²) in [5.41, 5.74) is 0.913. The summed E-state index contributed by atoms with van der Waals surface area (Å²) in [5.74, 6) is 0.0700. The second-order valence-electron chi connectivity index (χ2n) is 8.43. The van der Waals surface area contributed by atoms with Crippen molar-refractivity contribution in [2.24, 2.45) is 0 Å². The number of rotatable bonds is 11. The van der Waals surface area contributed by atoms with Crippen LogP contribution in [-0.2, 0) is 26.2 Å². The van der Waals surface area contributed by atoms with Crippen LogP contribution in [0, 0.1) is 0 Å². The maximum Gasteiger partial charge on any atom is 0.244 e. The minimum atomic E-state index is -3.86. The first-order chi connectivity index (χ1) is 17.2. The van der Waals surface area contributed by atoms with Crippen molar-refractivity contribution in [3.8, 4) is 11.5 Å². The van der Waals surface area contributed by atoms with E-state index in [-0.39, 0.29) is 18.1 Å². The van der Waals surface area contributed by atoms with Crippen LogP contribution < -0.4 is 19.1 Å². The number of halogens is 1. The molecule has 1 aliphatic heterocycles. The van der Waals surface area contributed by atoms with E-state index in [4.69, 9.17) is 21.1 Å². The molecule has 0 saturated heterocycles. The van der Waals surface area contributed by atoms with Gasteiger partial charge in [0, 0.05) is 24.2 Å². The summed E-state index contributed by atoms with van der Waals surface area (Å²) in [4.78, 5) is 28.1. The summed E-state index contributed by atoms with van der Waals surface area (Å²) >= 11 is 6.36. The molecule has 2 aromatic carbocycles. The number of fused-ring (bicyclic) bond motifs is 1. The molecule has 196 valence electrons. The number of nitrogens with one attached hydrogen (secondary N) is 1. The quantitative estimate of drug-likeness (QED) is 0.472. The van der Waals surface area contributed by atoms with Gasteiger partial charge in [-0.05, 0) is 36.6 Å². The number of benzene rings is 2. The molecule has 1 atom stereocenters. The molecule has 0 bridgehead atoms. The summed E-state index contributed by atoms with van der Waals surface area (Å²) in [6, 6.07) is 10.9. The molecule has 36 heavy (non-hydrogen) atoms. The van der Waals surface area contributed by atoms with Gasteiger partial charge in [0.2, 0.25) is 21.8 Å². The van der Waals surface area contributed by atoms with Crippen LogP contribution in [0.1, 0.15) is 32.3 Å². The van der Waals surface area contributed by atoms with Gasteiger partial charge < -0.3 is 19.7 Å². The van der Waals surface area contributed by atoms with Crippen LogP contribution in [0.3, 0.4) is 0 Å². The zero-order valence-corrected chi connectivity index (χ0v) is 22.3. The third kappa shape index (κ3) is 6.82. The summed E-state index contributed by atoms with van der Waals surface area (Å²) in [7, 11) is -3.86. The van der Waals surface area contributed by atoms with Crippen molar-refractivity contribution in [3.05, 3.63) is 53.1 Å². The van der Waals surface area contributed by atoms with E-state index in [9.17, 15) is 18.0 Å². The van der Waals surface area contributed by atoms with E-state index in [1.807, 2.05) is 6.92 Å². The number of ether oxygens (including phenoxy) is 2. The fraction of sp³-hybridized carbons (Fsp3) is 0.440. The van der Waals surface area contributed by atoms with E-state index < -0.39 is 28.5 Å². The van der Waals surface area contributed by atoms with Gasteiger partial charge in [-0.2, -0.15) is 0 Å². The summed E-state index contributed by atoms with van der Waals surface area (Å²) in [5, 5.41) is 3.29. The van der Waals surface area contributed by atoms with Crippen LogP contribution in [0.4, 0.5) is 5.69 Å². The highest BCUT2D eigenvalue weighted by Crippen LogP contribution is 2.34. The van der Waals surface area contributed by atoms with Crippen molar-refractivity contribution >= 4 is 39.1 Å². The number of hydrogen-bond donors (Lipinski definition) is 1. The Balaban J connectivity index is 1.95. The smallest absolute Gasteiger partial charge is 0.244 e. The number of sulfonamides is 1. The average molecular weight is 538 g/mol. The van der Waals surface area contributed by atoms with Crippen LogP contribution in [0.25, 0.3) is 0 Å². The van der Waals surface area contributed by atoms with Gasteiger partial charge in [0.15, 0.2) is 11.5 Å². The van der Waals surface area contributed by atoms with Crippen molar-refractivity contribution in [1.82, 2.24) is 10.2 Å². The van der Waals surface area contributed by atoms with Gasteiger partial charge >= 0.3 is 0 Å². The molecular weight excluding hydrogens is 506 g/mol. The predicted octanol–water partition coefficient (Wildman–Crippen LogP) is 3.21. The van der Waals surface area contributed by atoms with Gasteiger partial charge in [-0.1, -0.05) is 43.6 Å². The van der Waals surface area contributed by atoms with Crippen molar-refractivity contribution in [1.29, 1.82) is 0 Å². The minimum Gasteiger partial charge on any atom is -0.486 e. The number of carbonyl (C=O) groups excluding carboxylic acids is 2. The lowest BCUT2D eigenvalue weighted by Gasteiger charge is -2.33. The zero-order valence-electron chi connectivity index (χ0n) is 20.7. The molecule has 2 amide bonds. The van der Waals surface area contributed by atoms with Gasteiger partial charge in [-0.25, -0.2) is 8.42 Å². The third-order valence-electron chi connectivity index (χ3n) is 5.73. The Morgan fingerprint density at radius 1 is 1.08 bits per heavy atom. The molecule has 11 heteroatoms. The van der Waals surface area contributed by atoms with E-state index in [0.717, 1.165) is 17.0 Å². The Kier molecular flexibility index (Phi) is 9.44. The second-order valence-corrected chi connectivity index (χ2v) is 10.7. The lowest BCUT2D eigenvalue weighted by molar-refractivity contribution is -0.140. The standard InChI is InChI=1S/C25H32ClN3O6S/c1-4-12-27-25(31)21(5-2)28(16-18-8-6-7-9-20(18)26)24(30)17-29(36(3,32)33)19-10-11-22-23(15-19)35-14-13-34-22/h6-11,15,21H,4-5,12-14,16-17H2,1-3H3,(H,27,31)/t21-/m0/s1. The molecule has 1 heterocycles. The Bertz CT molecular complexity index is 1190. The normalized spacial score (nSPS) is 13.6. The number of hydrogen-bond acceptors (Lipinski definition) is 6. The molecule has 0 saturated carbocycles. The van der Waals surface area contributed by atoms with E-state index in [1.54, 1.807) is 43.3 Å². The van der Waals surface area contributed by atoms with Crippen LogP contribution in [-0.4, -0.2) is 63.7 Å². The summed E-state index contributed by atoms with van der Waals surface area (Å²) in [6.07, 6.45) is 2.11. The van der Waals surface area contributed by atoms with Gasteiger partial charge in [0.25, 0.3) is 0 Å².